The van der Waals surface area contributed by atoms with Gasteiger partial charge in [0.15, 0.2) is 11.6 Å². The van der Waals surface area contributed by atoms with E-state index < -0.39 is 0 Å². The zero-order valence-electron chi connectivity index (χ0n) is 18.0. The molecule has 0 aromatic heterocycles. The summed E-state index contributed by atoms with van der Waals surface area (Å²) in [5, 5.41) is 4.09. The highest BCUT2D eigenvalue weighted by Gasteiger charge is 2.31. The van der Waals surface area contributed by atoms with Crippen LogP contribution in [0.5, 0.6) is 0 Å². The Balaban J connectivity index is 1.34. The first-order chi connectivity index (χ1) is 16.4. The van der Waals surface area contributed by atoms with Gasteiger partial charge in [-0.15, -0.1) is 0 Å². The number of nitrogens with zero attached hydrogens (tertiary/aromatic N) is 1. The largest absolute Gasteiger partial charge is 0.432 e. The van der Waals surface area contributed by atoms with Gasteiger partial charge in [0.2, 0.25) is 5.91 Å². The Hall–Kier alpha value is -4.14. The van der Waals surface area contributed by atoms with E-state index >= 15 is 0 Å². The molecular formula is C26H18N2O5S. The lowest BCUT2D eigenvalue weighted by molar-refractivity contribution is -0.114. The molecule has 7 nitrogen and oxygen atoms in total. The number of hydrogen-bond acceptors (Lipinski definition) is 6. The van der Waals surface area contributed by atoms with Crippen LogP contribution in [0.1, 0.15) is 44.3 Å². The van der Waals surface area contributed by atoms with E-state index in [9.17, 15) is 14.4 Å². The number of hydroxylamine groups is 1. The summed E-state index contributed by atoms with van der Waals surface area (Å²) in [6.45, 7) is 1.56. The Morgan fingerprint density at radius 1 is 0.941 bits per heavy atom. The molecule has 34 heavy (non-hydrogen) atoms. The first kappa shape index (κ1) is 21.7. The number of amides is 1. The van der Waals surface area contributed by atoms with Gasteiger partial charge in [0.05, 0.1) is 5.69 Å². The molecule has 3 aromatic carbocycles. The second kappa shape index (κ2) is 8.66. The standard InChI is InChI=1S/C26H18N2O5S/c1-15(29)27-17-8-6-16(7-9-17)12-19-14-32-28(26(34)33-19)18-10-11-22-23(13-18)25(31)21-5-3-2-4-20(21)24(22)30/h2-13H,14H2,1H3,(H,27,29)/b19-12+. The summed E-state index contributed by atoms with van der Waals surface area (Å²) in [5.74, 6) is -0.0475. The van der Waals surface area contributed by atoms with E-state index in [4.69, 9.17) is 21.8 Å². The lowest BCUT2D eigenvalue weighted by Gasteiger charge is -2.30. The Bertz CT molecular complexity index is 1390. The lowest BCUT2D eigenvalue weighted by atomic mass is 9.84. The molecule has 5 rings (SSSR count). The predicted octanol–water partition coefficient (Wildman–Crippen LogP) is 4.51. The normalized spacial score (nSPS) is 16.1. The molecule has 1 amide bonds. The molecule has 0 spiro atoms. The number of carbonyl (C=O) groups is 3. The van der Waals surface area contributed by atoms with Crippen molar-refractivity contribution in [1.29, 1.82) is 0 Å². The number of thiocarbonyl (C=S) groups is 1. The van der Waals surface area contributed by atoms with Gasteiger partial charge in [-0.25, -0.2) is 0 Å². The van der Waals surface area contributed by atoms with Crippen molar-refractivity contribution < 1.29 is 24.0 Å². The third-order valence-corrected chi connectivity index (χ3v) is 5.67. The quantitative estimate of drug-likeness (QED) is 0.441. The smallest absolute Gasteiger partial charge is 0.294 e. The summed E-state index contributed by atoms with van der Waals surface area (Å²) >= 11 is 5.38. The molecule has 0 radical (unpaired) electrons. The van der Waals surface area contributed by atoms with Crippen molar-refractivity contribution in [2.45, 2.75) is 6.92 Å². The second-order valence-corrected chi connectivity index (χ2v) is 8.13. The minimum atomic E-state index is -0.223. The molecule has 1 fully saturated rings. The van der Waals surface area contributed by atoms with Crippen molar-refractivity contribution in [2.75, 3.05) is 17.0 Å². The number of ketones is 2. The van der Waals surface area contributed by atoms with Crippen LogP contribution in [0.25, 0.3) is 6.08 Å². The van der Waals surface area contributed by atoms with E-state index in [1.807, 2.05) is 12.1 Å². The molecule has 1 aliphatic carbocycles. The molecule has 8 heteroatoms. The van der Waals surface area contributed by atoms with Gasteiger partial charge in [-0.05, 0) is 54.2 Å². The second-order valence-electron chi connectivity index (χ2n) is 7.78. The maximum absolute atomic E-state index is 13.0. The lowest BCUT2D eigenvalue weighted by Crippen LogP contribution is -2.37. The van der Waals surface area contributed by atoms with Gasteiger partial charge < -0.3 is 10.1 Å². The van der Waals surface area contributed by atoms with E-state index in [-0.39, 0.29) is 29.3 Å². The maximum Gasteiger partial charge on any atom is 0.294 e. The van der Waals surface area contributed by atoms with E-state index in [1.54, 1.807) is 60.7 Å². The monoisotopic (exact) mass is 470 g/mol. The first-order valence-electron chi connectivity index (χ1n) is 10.5. The highest BCUT2D eigenvalue weighted by molar-refractivity contribution is 7.80. The van der Waals surface area contributed by atoms with E-state index in [0.29, 0.717) is 39.4 Å². The van der Waals surface area contributed by atoms with Gasteiger partial charge in [0, 0.05) is 34.9 Å². The summed E-state index contributed by atoms with van der Waals surface area (Å²) < 4.78 is 5.77. The molecule has 1 heterocycles. The molecule has 0 bridgehead atoms. The van der Waals surface area contributed by atoms with Crippen LogP contribution in [0.4, 0.5) is 11.4 Å². The fourth-order valence-electron chi connectivity index (χ4n) is 3.88. The highest BCUT2D eigenvalue weighted by atomic mass is 32.1. The molecule has 2 aliphatic rings. The van der Waals surface area contributed by atoms with Crippen molar-refractivity contribution in [1.82, 2.24) is 0 Å². The Kier molecular flexibility index (Phi) is 5.53. The highest BCUT2D eigenvalue weighted by Crippen LogP contribution is 2.31. The number of hydrogen-bond donors (Lipinski definition) is 1. The van der Waals surface area contributed by atoms with Gasteiger partial charge in [0.25, 0.3) is 5.17 Å². The number of benzene rings is 3. The van der Waals surface area contributed by atoms with Gasteiger partial charge in [-0.1, -0.05) is 36.4 Å². The van der Waals surface area contributed by atoms with Crippen LogP contribution in [0.3, 0.4) is 0 Å². The van der Waals surface area contributed by atoms with E-state index in [1.165, 1.54) is 12.0 Å². The van der Waals surface area contributed by atoms with Gasteiger partial charge >= 0.3 is 0 Å². The van der Waals surface area contributed by atoms with Crippen LogP contribution >= 0.6 is 12.2 Å². The summed E-state index contributed by atoms with van der Waals surface area (Å²) in [4.78, 5) is 42.8. The zero-order chi connectivity index (χ0) is 23.8. The summed E-state index contributed by atoms with van der Waals surface area (Å²) in [6, 6.07) is 18.9. The Morgan fingerprint density at radius 2 is 1.59 bits per heavy atom. The number of nitrogens with one attached hydrogen (secondary N) is 1. The third kappa shape index (κ3) is 4.00. The molecule has 1 saturated heterocycles. The Morgan fingerprint density at radius 3 is 2.24 bits per heavy atom. The van der Waals surface area contributed by atoms with E-state index in [0.717, 1.165) is 5.56 Å². The summed E-state index contributed by atoms with van der Waals surface area (Å²) in [6.07, 6.45) is 1.78. The van der Waals surface area contributed by atoms with Crippen LogP contribution in [0.2, 0.25) is 0 Å². The molecular weight excluding hydrogens is 452 g/mol. The number of rotatable bonds is 3. The first-order valence-corrected chi connectivity index (χ1v) is 10.9. The number of fused-ring (bicyclic) bond motifs is 2. The number of anilines is 2. The van der Waals surface area contributed by atoms with Crippen molar-refractivity contribution in [2.24, 2.45) is 0 Å². The van der Waals surface area contributed by atoms with Crippen LogP contribution in [0.15, 0.2) is 72.5 Å². The van der Waals surface area contributed by atoms with Gasteiger partial charge in [-0.2, -0.15) is 5.06 Å². The van der Waals surface area contributed by atoms with Crippen LogP contribution in [-0.4, -0.2) is 29.3 Å². The van der Waals surface area contributed by atoms with Crippen molar-refractivity contribution in [3.05, 3.63) is 100 Å². The molecule has 0 unspecified atom stereocenters. The third-order valence-electron chi connectivity index (χ3n) is 5.42. The molecule has 1 N–H and O–H groups in total. The molecule has 0 atom stereocenters. The minimum absolute atomic E-state index is 0.0577. The van der Waals surface area contributed by atoms with Crippen LogP contribution in [0, 0.1) is 0 Å². The topological polar surface area (TPSA) is 84.9 Å². The van der Waals surface area contributed by atoms with Crippen molar-refractivity contribution in [3.63, 3.8) is 0 Å². The van der Waals surface area contributed by atoms with E-state index in [2.05, 4.69) is 5.32 Å². The SMILES string of the molecule is CC(=O)Nc1ccc(/C=C2\CON(c3ccc4c(c3)C(=O)c3ccccc3C4=O)C(=S)O2)cc1. The fraction of sp³-hybridized carbons (Fsp3) is 0.0769. The minimum Gasteiger partial charge on any atom is -0.432 e. The van der Waals surface area contributed by atoms with Crippen LogP contribution in [-0.2, 0) is 14.4 Å². The average Bonchev–Trinajstić information content (AvgIpc) is 2.83. The average molecular weight is 471 g/mol. The predicted molar refractivity (Wildman–Crippen MR) is 131 cm³/mol. The molecule has 168 valence electrons. The number of ether oxygens (including phenoxy) is 1. The van der Waals surface area contributed by atoms with Crippen molar-refractivity contribution >= 4 is 52.3 Å². The summed E-state index contributed by atoms with van der Waals surface area (Å²) in [5.41, 5.74) is 3.46. The van der Waals surface area contributed by atoms with Gasteiger partial charge in [-0.3, -0.25) is 19.2 Å². The van der Waals surface area contributed by atoms with Crippen LogP contribution < -0.4 is 10.4 Å². The van der Waals surface area contributed by atoms with Gasteiger partial charge in [0.1, 0.15) is 12.4 Å². The zero-order valence-corrected chi connectivity index (χ0v) is 18.8. The fourth-order valence-corrected chi connectivity index (χ4v) is 4.15. The van der Waals surface area contributed by atoms with Crippen molar-refractivity contribution in [3.8, 4) is 0 Å². The molecule has 0 saturated carbocycles. The molecule has 1 aliphatic heterocycles. The Labute approximate surface area is 200 Å². The number of carbonyl (C=O) groups excluding carboxylic acids is 3. The molecule has 3 aromatic rings. The summed E-state index contributed by atoms with van der Waals surface area (Å²) in [7, 11) is 0. The maximum atomic E-state index is 13.0.